The zero-order chi connectivity index (χ0) is 17.2. The van der Waals surface area contributed by atoms with Crippen LogP contribution in [0, 0.1) is 0 Å². The number of rotatable bonds is 5. The lowest BCUT2D eigenvalue weighted by molar-refractivity contribution is -0.153. The van der Waals surface area contributed by atoms with Gasteiger partial charge in [0.2, 0.25) is 5.54 Å². The predicted octanol–water partition coefficient (Wildman–Crippen LogP) is 1.33. The molecule has 0 bridgehead atoms. The van der Waals surface area contributed by atoms with Gasteiger partial charge < -0.3 is 15.2 Å². The minimum atomic E-state index is -1.70. The van der Waals surface area contributed by atoms with Crippen LogP contribution in [0.3, 0.4) is 0 Å². The number of aliphatic hydroxyl groups is 1. The van der Waals surface area contributed by atoms with E-state index in [0.717, 1.165) is 5.56 Å². The van der Waals surface area contributed by atoms with Crippen molar-refractivity contribution in [1.29, 1.82) is 0 Å². The Bertz CT molecular complexity index is 753. The molecule has 1 amide bonds. The van der Waals surface area contributed by atoms with E-state index >= 15 is 0 Å². The zero-order valence-corrected chi connectivity index (χ0v) is 13.2. The number of hydrogen-bond donors (Lipinski definition) is 3. The van der Waals surface area contributed by atoms with Crippen LogP contribution in [0.1, 0.15) is 17.2 Å². The monoisotopic (exact) mass is 326 g/mol. The van der Waals surface area contributed by atoms with E-state index in [1.54, 1.807) is 24.3 Å². The summed E-state index contributed by atoms with van der Waals surface area (Å²) < 4.78 is 4.90. The highest BCUT2D eigenvalue weighted by Crippen LogP contribution is 2.38. The van der Waals surface area contributed by atoms with Gasteiger partial charge in [-0.1, -0.05) is 48.5 Å². The van der Waals surface area contributed by atoms with Gasteiger partial charge in [0.25, 0.3) is 5.91 Å². The molecule has 2 atom stereocenters. The number of esters is 1. The third-order valence-electron chi connectivity index (χ3n) is 4.19. The zero-order valence-electron chi connectivity index (χ0n) is 13.2. The Morgan fingerprint density at radius 1 is 1.21 bits per heavy atom. The molecule has 0 spiro atoms. The first kappa shape index (κ1) is 16.2. The van der Waals surface area contributed by atoms with Crippen LogP contribution in [0.5, 0.6) is 0 Å². The third kappa shape index (κ3) is 2.46. The lowest BCUT2D eigenvalue weighted by Crippen LogP contribution is -2.56. The van der Waals surface area contributed by atoms with Crippen molar-refractivity contribution >= 4 is 17.6 Å². The average Bonchev–Trinajstić information content (AvgIpc) is 2.92. The number of methoxy groups -OCH3 is 1. The standard InChI is InChI=1S/C18H18N2O4/c1-24-17(23)18(13-9-5-6-10-14(13)19-16(18)22)20-15(11-21)12-7-3-2-4-8-12/h2-10,15,20-21H,11H2,1H3,(H,19,22)/t15-,18+/m0/s1. The Hall–Kier alpha value is -2.70. The SMILES string of the molecule is COC(=O)[C@]1(N[C@@H](CO)c2ccccc2)C(=O)Nc2ccccc21. The maximum atomic E-state index is 12.7. The molecule has 0 radical (unpaired) electrons. The molecule has 0 aliphatic carbocycles. The van der Waals surface area contributed by atoms with E-state index in [1.807, 2.05) is 30.3 Å². The average molecular weight is 326 g/mol. The van der Waals surface area contributed by atoms with Crippen molar-refractivity contribution in [1.82, 2.24) is 5.32 Å². The van der Waals surface area contributed by atoms with Gasteiger partial charge in [-0.3, -0.25) is 10.1 Å². The van der Waals surface area contributed by atoms with E-state index in [2.05, 4.69) is 10.6 Å². The minimum Gasteiger partial charge on any atom is -0.467 e. The second kappa shape index (κ2) is 6.43. The molecule has 0 saturated heterocycles. The fraction of sp³-hybridized carbons (Fsp3) is 0.222. The summed E-state index contributed by atoms with van der Waals surface area (Å²) in [5.74, 6) is -1.25. The molecule has 3 rings (SSSR count). The molecule has 3 N–H and O–H groups in total. The van der Waals surface area contributed by atoms with Crippen LogP contribution in [0.4, 0.5) is 5.69 Å². The van der Waals surface area contributed by atoms with Gasteiger partial charge in [-0.05, 0) is 11.6 Å². The van der Waals surface area contributed by atoms with E-state index < -0.39 is 23.5 Å². The van der Waals surface area contributed by atoms with Gasteiger partial charge in [-0.25, -0.2) is 4.79 Å². The number of fused-ring (bicyclic) bond motifs is 1. The van der Waals surface area contributed by atoms with Gasteiger partial charge >= 0.3 is 5.97 Å². The van der Waals surface area contributed by atoms with Crippen LogP contribution < -0.4 is 10.6 Å². The molecule has 1 aliphatic heterocycles. The van der Waals surface area contributed by atoms with Gasteiger partial charge in [-0.15, -0.1) is 0 Å². The summed E-state index contributed by atoms with van der Waals surface area (Å²) in [6, 6.07) is 15.5. The number of carbonyl (C=O) groups is 2. The maximum Gasteiger partial charge on any atom is 0.340 e. The van der Waals surface area contributed by atoms with Gasteiger partial charge in [0.15, 0.2) is 0 Å². The quantitative estimate of drug-likeness (QED) is 0.570. The van der Waals surface area contributed by atoms with Crippen molar-refractivity contribution in [3.8, 4) is 0 Å². The van der Waals surface area contributed by atoms with Crippen LogP contribution in [-0.4, -0.2) is 30.7 Å². The number of aliphatic hydroxyl groups excluding tert-OH is 1. The molecule has 24 heavy (non-hydrogen) atoms. The molecule has 6 heteroatoms. The van der Waals surface area contributed by atoms with Gasteiger partial charge in [0.1, 0.15) is 0 Å². The van der Waals surface area contributed by atoms with Gasteiger partial charge in [0, 0.05) is 11.3 Å². The number of amides is 1. The molecule has 0 aromatic heterocycles. The first-order valence-electron chi connectivity index (χ1n) is 7.56. The molecule has 2 aromatic rings. The van der Waals surface area contributed by atoms with E-state index in [1.165, 1.54) is 7.11 Å². The molecule has 1 aliphatic rings. The summed E-state index contributed by atoms with van der Waals surface area (Å²) >= 11 is 0. The first-order chi connectivity index (χ1) is 11.6. The number of ether oxygens (including phenoxy) is 1. The van der Waals surface area contributed by atoms with Crippen molar-refractivity contribution in [3.05, 3.63) is 65.7 Å². The molecule has 0 fully saturated rings. The molecular weight excluding hydrogens is 308 g/mol. The third-order valence-corrected chi connectivity index (χ3v) is 4.19. The van der Waals surface area contributed by atoms with Crippen LogP contribution in [-0.2, 0) is 19.9 Å². The van der Waals surface area contributed by atoms with E-state index in [0.29, 0.717) is 11.3 Å². The summed E-state index contributed by atoms with van der Waals surface area (Å²) in [6.07, 6.45) is 0. The van der Waals surface area contributed by atoms with Crippen molar-refractivity contribution in [3.63, 3.8) is 0 Å². The molecule has 6 nitrogen and oxygen atoms in total. The van der Waals surface area contributed by atoms with Crippen LogP contribution in [0.2, 0.25) is 0 Å². The topological polar surface area (TPSA) is 87.7 Å². The van der Waals surface area contributed by atoms with Crippen molar-refractivity contribution in [2.75, 3.05) is 19.0 Å². The lowest BCUT2D eigenvalue weighted by Gasteiger charge is -2.30. The highest BCUT2D eigenvalue weighted by Gasteiger charge is 2.55. The molecular formula is C18H18N2O4. The smallest absolute Gasteiger partial charge is 0.340 e. The predicted molar refractivity (Wildman–Crippen MR) is 88.2 cm³/mol. The maximum absolute atomic E-state index is 12.7. The number of anilines is 1. The number of benzene rings is 2. The minimum absolute atomic E-state index is 0.280. The summed E-state index contributed by atoms with van der Waals surface area (Å²) in [7, 11) is 1.23. The molecule has 0 unspecified atom stereocenters. The van der Waals surface area contributed by atoms with Gasteiger partial charge in [0.05, 0.1) is 19.8 Å². The van der Waals surface area contributed by atoms with Crippen LogP contribution in [0.15, 0.2) is 54.6 Å². The summed E-state index contributed by atoms with van der Waals surface area (Å²) in [4.78, 5) is 25.2. The number of nitrogens with one attached hydrogen (secondary N) is 2. The normalized spacial score (nSPS) is 20.2. The second-order valence-electron chi connectivity index (χ2n) is 5.53. The summed E-state index contributed by atoms with van der Waals surface area (Å²) in [5, 5.41) is 15.5. The number of carbonyl (C=O) groups excluding carboxylic acids is 2. The van der Waals surface area contributed by atoms with Crippen molar-refractivity contribution in [2.45, 2.75) is 11.6 Å². The fourth-order valence-electron chi connectivity index (χ4n) is 3.00. The van der Waals surface area contributed by atoms with Gasteiger partial charge in [-0.2, -0.15) is 0 Å². The highest BCUT2D eigenvalue weighted by molar-refractivity contribution is 6.18. The molecule has 2 aromatic carbocycles. The second-order valence-corrected chi connectivity index (χ2v) is 5.53. The number of hydrogen-bond acceptors (Lipinski definition) is 5. The Balaban J connectivity index is 2.08. The molecule has 0 saturated carbocycles. The fourth-order valence-corrected chi connectivity index (χ4v) is 3.00. The van der Waals surface area contributed by atoms with E-state index in [9.17, 15) is 14.7 Å². The highest BCUT2D eigenvalue weighted by atomic mass is 16.5. The summed E-state index contributed by atoms with van der Waals surface area (Å²) in [5.41, 5.74) is 0.0936. The van der Waals surface area contributed by atoms with Crippen molar-refractivity contribution < 1.29 is 19.4 Å². The largest absolute Gasteiger partial charge is 0.467 e. The van der Waals surface area contributed by atoms with E-state index in [4.69, 9.17) is 4.74 Å². The van der Waals surface area contributed by atoms with Crippen molar-refractivity contribution in [2.24, 2.45) is 0 Å². The molecule has 124 valence electrons. The Morgan fingerprint density at radius 3 is 2.54 bits per heavy atom. The van der Waals surface area contributed by atoms with E-state index in [-0.39, 0.29) is 6.61 Å². The summed E-state index contributed by atoms with van der Waals surface area (Å²) in [6.45, 7) is -0.280. The lowest BCUT2D eigenvalue weighted by atomic mass is 9.89. The number of para-hydroxylation sites is 1. The first-order valence-corrected chi connectivity index (χ1v) is 7.56. The Labute approximate surface area is 139 Å². The molecule has 1 heterocycles. The van der Waals surface area contributed by atoms with Crippen LogP contribution >= 0.6 is 0 Å². The Kier molecular flexibility index (Phi) is 4.33. The Morgan fingerprint density at radius 2 is 1.88 bits per heavy atom. The van der Waals surface area contributed by atoms with Crippen LogP contribution in [0.25, 0.3) is 0 Å².